The molecule has 2 aliphatic rings. The summed E-state index contributed by atoms with van der Waals surface area (Å²) in [5, 5.41) is 0. The Hall–Kier alpha value is -3.13. The molecular weight excluding hydrogens is 420 g/mol. The van der Waals surface area contributed by atoms with Crippen molar-refractivity contribution in [2.75, 3.05) is 26.2 Å². The molecule has 0 bridgehead atoms. The lowest BCUT2D eigenvalue weighted by molar-refractivity contribution is -0.137. The van der Waals surface area contributed by atoms with Crippen LogP contribution in [-0.4, -0.2) is 64.3 Å². The first-order valence-corrected chi connectivity index (χ1v) is 11.6. The van der Waals surface area contributed by atoms with E-state index in [2.05, 4.69) is 24.8 Å². The standard InChI is InChI=1S/C25H32N4O4/c1-18(2)9-12-29-24(32)28(17-22(26)30)23(31)25(29)10-13-27(14-11-25)16-19-6-3-4-7-20(19)21-8-5-15-33-21/h3-8,15,18H,9-14,16-17H2,1-2H3,(H2,26,30). The number of hydrogen-bond acceptors (Lipinski definition) is 5. The van der Waals surface area contributed by atoms with E-state index in [0.717, 1.165) is 34.8 Å². The number of likely N-dealkylation sites (tertiary alicyclic amines) is 1. The van der Waals surface area contributed by atoms with Gasteiger partial charge in [0.25, 0.3) is 5.91 Å². The summed E-state index contributed by atoms with van der Waals surface area (Å²) in [6.07, 6.45) is 3.54. The molecule has 2 saturated heterocycles. The van der Waals surface area contributed by atoms with E-state index >= 15 is 0 Å². The zero-order valence-corrected chi connectivity index (χ0v) is 19.3. The Balaban J connectivity index is 1.51. The molecule has 2 aliphatic heterocycles. The number of piperidine rings is 1. The summed E-state index contributed by atoms with van der Waals surface area (Å²) >= 11 is 0. The van der Waals surface area contributed by atoms with Gasteiger partial charge in [0.1, 0.15) is 17.8 Å². The van der Waals surface area contributed by atoms with Crippen molar-refractivity contribution in [2.24, 2.45) is 11.7 Å². The van der Waals surface area contributed by atoms with E-state index in [1.807, 2.05) is 30.3 Å². The molecule has 4 amide bonds. The average molecular weight is 453 g/mol. The predicted molar refractivity (Wildman–Crippen MR) is 124 cm³/mol. The van der Waals surface area contributed by atoms with E-state index in [4.69, 9.17) is 10.2 Å². The van der Waals surface area contributed by atoms with Crippen LogP contribution in [0.2, 0.25) is 0 Å². The molecule has 0 saturated carbocycles. The number of furan rings is 1. The molecule has 1 aromatic heterocycles. The van der Waals surface area contributed by atoms with Gasteiger partial charge in [-0.05, 0) is 42.9 Å². The van der Waals surface area contributed by atoms with Gasteiger partial charge in [-0.1, -0.05) is 38.1 Å². The number of nitrogens with two attached hydrogens (primary N) is 1. The van der Waals surface area contributed by atoms with Crippen molar-refractivity contribution >= 4 is 17.8 Å². The quantitative estimate of drug-likeness (QED) is 0.621. The van der Waals surface area contributed by atoms with E-state index < -0.39 is 17.5 Å². The fraction of sp³-hybridized carbons (Fsp3) is 0.480. The fourth-order valence-corrected chi connectivity index (χ4v) is 4.91. The summed E-state index contributed by atoms with van der Waals surface area (Å²) < 4.78 is 5.60. The molecule has 2 N–H and O–H groups in total. The number of hydrogen-bond donors (Lipinski definition) is 1. The first-order valence-electron chi connectivity index (χ1n) is 11.6. The molecule has 0 radical (unpaired) electrons. The van der Waals surface area contributed by atoms with Crippen molar-refractivity contribution in [3.8, 4) is 11.3 Å². The lowest BCUT2D eigenvalue weighted by atomic mass is 9.85. The van der Waals surface area contributed by atoms with Gasteiger partial charge >= 0.3 is 6.03 Å². The second kappa shape index (κ2) is 9.39. The predicted octanol–water partition coefficient (Wildman–Crippen LogP) is 3.08. The number of urea groups is 1. The van der Waals surface area contributed by atoms with Crippen LogP contribution in [0.4, 0.5) is 4.79 Å². The summed E-state index contributed by atoms with van der Waals surface area (Å²) in [6.45, 7) is 6.40. The second-order valence-electron chi connectivity index (χ2n) is 9.42. The normalized spacial score (nSPS) is 18.6. The van der Waals surface area contributed by atoms with Crippen LogP contribution in [0, 0.1) is 5.92 Å². The molecule has 176 valence electrons. The van der Waals surface area contributed by atoms with E-state index in [1.165, 1.54) is 0 Å². The molecule has 4 rings (SSSR count). The van der Waals surface area contributed by atoms with E-state index in [0.29, 0.717) is 38.4 Å². The Labute approximate surface area is 194 Å². The second-order valence-corrected chi connectivity index (χ2v) is 9.42. The Morgan fingerprint density at radius 2 is 1.85 bits per heavy atom. The van der Waals surface area contributed by atoms with Crippen molar-refractivity contribution in [1.82, 2.24) is 14.7 Å². The molecule has 1 spiro atoms. The molecule has 8 heteroatoms. The molecule has 0 atom stereocenters. The van der Waals surface area contributed by atoms with E-state index in [1.54, 1.807) is 11.2 Å². The van der Waals surface area contributed by atoms with Crippen molar-refractivity contribution < 1.29 is 18.8 Å². The lowest BCUT2D eigenvalue weighted by Gasteiger charge is -2.42. The SMILES string of the molecule is CC(C)CCN1C(=O)N(CC(N)=O)C(=O)C12CCN(Cc1ccccc1-c1ccco1)CC2. The monoisotopic (exact) mass is 452 g/mol. The first-order chi connectivity index (χ1) is 15.8. The minimum absolute atomic E-state index is 0.286. The molecule has 2 fully saturated rings. The maximum absolute atomic E-state index is 13.4. The number of primary amides is 1. The Kier molecular flexibility index (Phi) is 6.56. The Morgan fingerprint density at radius 1 is 1.12 bits per heavy atom. The van der Waals surface area contributed by atoms with Crippen LogP contribution >= 0.6 is 0 Å². The number of imide groups is 1. The smallest absolute Gasteiger partial charge is 0.328 e. The molecule has 3 heterocycles. The summed E-state index contributed by atoms with van der Waals surface area (Å²) in [5.41, 5.74) is 6.65. The van der Waals surface area contributed by atoms with Gasteiger partial charge in [-0.15, -0.1) is 0 Å². The Morgan fingerprint density at radius 3 is 2.48 bits per heavy atom. The van der Waals surface area contributed by atoms with Crippen LogP contribution in [0.1, 0.15) is 38.7 Å². The highest BCUT2D eigenvalue weighted by atomic mass is 16.3. The van der Waals surface area contributed by atoms with Gasteiger partial charge in [0.15, 0.2) is 0 Å². The zero-order valence-electron chi connectivity index (χ0n) is 19.3. The number of carbonyl (C=O) groups excluding carboxylic acids is 3. The number of nitrogens with zero attached hydrogens (tertiary/aromatic N) is 3. The van der Waals surface area contributed by atoms with Crippen LogP contribution in [0.3, 0.4) is 0 Å². The molecule has 8 nitrogen and oxygen atoms in total. The van der Waals surface area contributed by atoms with Gasteiger partial charge in [-0.3, -0.25) is 19.4 Å². The molecule has 0 unspecified atom stereocenters. The van der Waals surface area contributed by atoms with Crippen LogP contribution in [-0.2, 0) is 16.1 Å². The van der Waals surface area contributed by atoms with Crippen molar-refractivity contribution in [3.63, 3.8) is 0 Å². The van der Waals surface area contributed by atoms with Crippen molar-refractivity contribution in [1.29, 1.82) is 0 Å². The number of amides is 4. The van der Waals surface area contributed by atoms with Crippen LogP contribution in [0.25, 0.3) is 11.3 Å². The van der Waals surface area contributed by atoms with Gasteiger partial charge in [0.05, 0.1) is 6.26 Å². The summed E-state index contributed by atoms with van der Waals surface area (Å²) in [6, 6.07) is 11.6. The van der Waals surface area contributed by atoms with Crippen molar-refractivity contribution in [3.05, 3.63) is 48.2 Å². The first kappa shape index (κ1) is 23.0. The average Bonchev–Trinajstić information content (AvgIpc) is 3.38. The molecule has 0 aliphatic carbocycles. The van der Waals surface area contributed by atoms with Gasteiger partial charge in [-0.25, -0.2) is 4.79 Å². The van der Waals surface area contributed by atoms with Gasteiger partial charge in [0, 0.05) is 31.7 Å². The third kappa shape index (κ3) is 4.53. The zero-order chi connectivity index (χ0) is 23.6. The highest BCUT2D eigenvalue weighted by molar-refractivity contribution is 6.09. The third-order valence-electron chi connectivity index (χ3n) is 6.75. The molecule has 33 heavy (non-hydrogen) atoms. The van der Waals surface area contributed by atoms with Gasteiger partial charge in [0.2, 0.25) is 5.91 Å². The number of benzene rings is 1. The van der Waals surface area contributed by atoms with Crippen LogP contribution in [0.15, 0.2) is 47.1 Å². The fourth-order valence-electron chi connectivity index (χ4n) is 4.91. The van der Waals surface area contributed by atoms with Gasteiger partial charge in [-0.2, -0.15) is 0 Å². The highest BCUT2D eigenvalue weighted by Gasteiger charge is 2.57. The van der Waals surface area contributed by atoms with Crippen LogP contribution in [0.5, 0.6) is 0 Å². The minimum atomic E-state index is -0.890. The van der Waals surface area contributed by atoms with E-state index in [-0.39, 0.29) is 12.5 Å². The minimum Gasteiger partial charge on any atom is -0.464 e. The number of carbonyl (C=O) groups is 3. The highest BCUT2D eigenvalue weighted by Crippen LogP contribution is 2.38. The topological polar surface area (TPSA) is 100 Å². The maximum Gasteiger partial charge on any atom is 0.328 e. The van der Waals surface area contributed by atoms with Crippen molar-refractivity contribution in [2.45, 2.75) is 45.2 Å². The largest absolute Gasteiger partial charge is 0.464 e. The lowest BCUT2D eigenvalue weighted by Crippen LogP contribution is -2.56. The summed E-state index contributed by atoms with van der Waals surface area (Å²) in [4.78, 5) is 43.0. The van der Waals surface area contributed by atoms with E-state index in [9.17, 15) is 14.4 Å². The summed E-state index contributed by atoms with van der Waals surface area (Å²) in [5.74, 6) is 0.265. The maximum atomic E-state index is 13.4. The third-order valence-corrected chi connectivity index (χ3v) is 6.75. The Bertz CT molecular complexity index is 1010. The number of rotatable bonds is 8. The molecule has 1 aromatic carbocycles. The van der Waals surface area contributed by atoms with Gasteiger partial charge < -0.3 is 15.1 Å². The summed E-state index contributed by atoms with van der Waals surface area (Å²) in [7, 11) is 0. The molecule has 2 aromatic rings. The molecular formula is C25H32N4O4. The van der Waals surface area contributed by atoms with Crippen LogP contribution < -0.4 is 5.73 Å².